The van der Waals surface area contributed by atoms with Crippen molar-refractivity contribution in [2.24, 2.45) is 17.8 Å². The van der Waals surface area contributed by atoms with E-state index in [0.29, 0.717) is 29.4 Å². The average molecular weight is 541 g/mol. The number of hydrogen-bond acceptors (Lipinski definition) is 6. The van der Waals surface area contributed by atoms with Crippen molar-refractivity contribution < 1.29 is 23.4 Å². The number of hydrogen-bond donors (Lipinski definition) is 3. The van der Waals surface area contributed by atoms with Crippen molar-refractivity contribution >= 4 is 22.4 Å². The molecule has 4 atom stereocenters. The summed E-state index contributed by atoms with van der Waals surface area (Å²) in [6, 6.07) is 5.33. The zero-order valence-electron chi connectivity index (χ0n) is 22.7. The minimum atomic E-state index is -3.77. The first-order valence-corrected chi connectivity index (χ1v) is 13.8. The molecule has 3 N–H and O–H groups in total. The van der Waals surface area contributed by atoms with Crippen molar-refractivity contribution in [2.75, 3.05) is 29.9 Å². The van der Waals surface area contributed by atoms with E-state index in [2.05, 4.69) is 21.3 Å². The predicted octanol–water partition coefficient (Wildman–Crippen LogP) is 5.28. The topological polar surface area (TPSA) is 81.5 Å². The predicted molar refractivity (Wildman–Crippen MR) is 145 cm³/mol. The summed E-state index contributed by atoms with van der Waals surface area (Å²) in [4.78, 5) is 11.9. The highest BCUT2D eigenvalue weighted by molar-refractivity contribution is 5.96. The normalized spacial score (nSPS) is 23.2. The number of alkyl halides is 2. The van der Waals surface area contributed by atoms with Gasteiger partial charge in [-0.05, 0) is 88.0 Å². The third-order valence-electron chi connectivity index (χ3n) is 9.03. The van der Waals surface area contributed by atoms with E-state index < -0.39 is 28.9 Å². The van der Waals surface area contributed by atoms with E-state index in [0.717, 1.165) is 63.2 Å². The number of aryl methyl sites for hydroxylation is 2. The van der Waals surface area contributed by atoms with E-state index in [9.17, 15) is 19.0 Å². The van der Waals surface area contributed by atoms with Gasteiger partial charge < -0.3 is 20.4 Å². The SMILES string of the molecule is Cc1nc(N[C@H](C)c2cccc(C(F)(F)C(C)(C)O)c2F)c2cc(N3C[C@@H]4[C@H](CO)[C@@H]4C3)c3c(c2n1)CCC3. The minimum Gasteiger partial charge on any atom is -0.396 e. The molecule has 2 heterocycles. The monoisotopic (exact) mass is 540 g/mol. The fraction of sp³-hybridized carbons (Fsp3) is 0.533. The van der Waals surface area contributed by atoms with E-state index in [1.54, 1.807) is 6.92 Å². The summed E-state index contributed by atoms with van der Waals surface area (Å²) in [6.07, 6.45) is 2.97. The molecular formula is C30H35F3N4O2. The Morgan fingerprint density at radius 1 is 1.13 bits per heavy atom. The molecule has 1 aliphatic heterocycles. The first-order chi connectivity index (χ1) is 18.4. The molecule has 2 aliphatic carbocycles. The van der Waals surface area contributed by atoms with Crippen LogP contribution in [-0.4, -0.2) is 45.5 Å². The van der Waals surface area contributed by atoms with Crippen LogP contribution < -0.4 is 10.2 Å². The van der Waals surface area contributed by atoms with Gasteiger partial charge in [0.15, 0.2) is 0 Å². The summed E-state index contributed by atoms with van der Waals surface area (Å²) in [5.41, 5.74) is 1.42. The summed E-state index contributed by atoms with van der Waals surface area (Å²) in [5.74, 6) is -2.22. The maximum Gasteiger partial charge on any atom is 0.303 e. The molecule has 0 radical (unpaired) electrons. The van der Waals surface area contributed by atoms with Gasteiger partial charge >= 0.3 is 5.92 Å². The first-order valence-electron chi connectivity index (χ1n) is 13.8. The molecule has 3 aromatic rings. The molecule has 6 rings (SSSR count). The lowest BCUT2D eigenvalue weighted by molar-refractivity contribution is -0.170. The summed E-state index contributed by atoms with van der Waals surface area (Å²) in [7, 11) is 0. The number of halogens is 3. The highest BCUT2D eigenvalue weighted by atomic mass is 19.3. The number of piperidine rings is 1. The Kier molecular flexibility index (Phi) is 6.11. The number of rotatable bonds is 7. The highest BCUT2D eigenvalue weighted by Crippen LogP contribution is 2.53. The Morgan fingerprint density at radius 2 is 1.82 bits per heavy atom. The molecule has 208 valence electrons. The lowest BCUT2D eigenvalue weighted by Gasteiger charge is -2.30. The van der Waals surface area contributed by atoms with E-state index >= 15 is 4.39 Å². The Morgan fingerprint density at radius 3 is 2.49 bits per heavy atom. The minimum absolute atomic E-state index is 0.0666. The van der Waals surface area contributed by atoms with Crippen LogP contribution in [-0.2, 0) is 18.8 Å². The van der Waals surface area contributed by atoms with Crippen LogP contribution in [0.2, 0.25) is 0 Å². The molecule has 0 bridgehead atoms. The van der Waals surface area contributed by atoms with Crippen LogP contribution in [0.3, 0.4) is 0 Å². The molecule has 0 spiro atoms. The van der Waals surface area contributed by atoms with Crippen molar-refractivity contribution in [3.63, 3.8) is 0 Å². The van der Waals surface area contributed by atoms with Gasteiger partial charge in [0, 0.05) is 36.3 Å². The Balaban J connectivity index is 1.38. The molecule has 0 amide bonds. The van der Waals surface area contributed by atoms with Gasteiger partial charge in [-0.25, -0.2) is 14.4 Å². The van der Waals surface area contributed by atoms with Gasteiger partial charge in [0.25, 0.3) is 0 Å². The molecule has 1 aromatic heterocycles. The number of aromatic nitrogens is 2. The van der Waals surface area contributed by atoms with Crippen molar-refractivity contribution in [2.45, 2.75) is 64.5 Å². The summed E-state index contributed by atoms with van der Waals surface area (Å²) < 4.78 is 45.3. The maximum absolute atomic E-state index is 15.5. The fourth-order valence-corrected chi connectivity index (χ4v) is 6.71. The number of aliphatic hydroxyl groups is 2. The van der Waals surface area contributed by atoms with E-state index in [1.807, 2.05) is 6.92 Å². The quantitative estimate of drug-likeness (QED) is 0.379. The molecule has 39 heavy (non-hydrogen) atoms. The van der Waals surface area contributed by atoms with Crippen molar-refractivity contribution in [3.05, 3.63) is 58.2 Å². The van der Waals surface area contributed by atoms with Crippen molar-refractivity contribution in [1.82, 2.24) is 9.97 Å². The van der Waals surface area contributed by atoms with E-state index in [1.165, 1.54) is 28.9 Å². The van der Waals surface area contributed by atoms with Gasteiger partial charge in [-0.15, -0.1) is 0 Å². The van der Waals surface area contributed by atoms with Crippen LogP contribution >= 0.6 is 0 Å². The highest BCUT2D eigenvalue weighted by Gasteiger charge is 2.55. The van der Waals surface area contributed by atoms with Gasteiger partial charge in [0.2, 0.25) is 0 Å². The molecule has 2 fully saturated rings. The standard InChI is InChI=1S/C30H35F3N4O2/c1-15(17-7-6-10-24(26(17)31)30(32,33)29(3,4)39)34-28-20-11-25(37-12-21-22(13-37)23(21)14-38)18-8-5-9-19(18)27(20)35-16(2)36-28/h6-7,10-11,15,21-23,38-39H,5,8-9,12-14H2,1-4H3,(H,34,35,36)/t15-,21-,22+,23-/m1/s1. The van der Waals surface area contributed by atoms with Gasteiger partial charge in [-0.1, -0.05) is 12.1 Å². The van der Waals surface area contributed by atoms with Crippen LogP contribution in [0.5, 0.6) is 0 Å². The second kappa shape index (κ2) is 9.06. The first kappa shape index (κ1) is 26.3. The van der Waals surface area contributed by atoms with Crippen molar-refractivity contribution in [1.29, 1.82) is 0 Å². The molecule has 0 unspecified atom stereocenters. The van der Waals surface area contributed by atoms with Crippen LogP contribution in [0, 0.1) is 30.5 Å². The smallest absolute Gasteiger partial charge is 0.303 e. The molecule has 1 saturated carbocycles. The number of nitrogens with zero attached hydrogens (tertiary/aromatic N) is 3. The zero-order valence-corrected chi connectivity index (χ0v) is 22.7. The van der Waals surface area contributed by atoms with Gasteiger partial charge in [0.1, 0.15) is 23.1 Å². The zero-order chi connectivity index (χ0) is 27.9. The second-order valence-corrected chi connectivity index (χ2v) is 12.0. The third kappa shape index (κ3) is 4.16. The van der Waals surface area contributed by atoms with Crippen LogP contribution in [0.15, 0.2) is 24.3 Å². The van der Waals surface area contributed by atoms with Gasteiger partial charge in [-0.3, -0.25) is 0 Å². The molecule has 2 aromatic carbocycles. The Hall–Kier alpha value is -2.91. The largest absolute Gasteiger partial charge is 0.396 e. The molecular weight excluding hydrogens is 505 g/mol. The van der Waals surface area contributed by atoms with Crippen LogP contribution in [0.4, 0.5) is 24.7 Å². The molecule has 1 saturated heterocycles. The lowest BCUT2D eigenvalue weighted by atomic mass is 9.91. The maximum atomic E-state index is 15.5. The van der Waals surface area contributed by atoms with Crippen molar-refractivity contribution in [3.8, 4) is 0 Å². The average Bonchev–Trinajstić information content (AvgIpc) is 3.20. The lowest BCUT2D eigenvalue weighted by Crippen LogP contribution is -2.41. The molecule has 3 aliphatic rings. The summed E-state index contributed by atoms with van der Waals surface area (Å²) in [6.45, 7) is 7.57. The van der Waals surface area contributed by atoms with E-state index in [-0.39, 0.29) is 12.2 Å². The third-order valence-corrected chi connectivity index (χ3v) is 9.03. The van der Waals surface area contributed by atoms with E-state index in [4.69, 9.17) is 4.98 Å². The molecule has 9 heteroatoms. The fourth-order valence-electron chi connectivity index (χ4n) is 6.71. The Labute approximate surface area is 226 Å². The number of anilines is 2. The van der Waals surface area contributed by atoms with Crippen LogP contribution in [0.25, 0.3) is 10.9 Å². The summed E-state index contributed by atoms with van der Waals surface area (Å²) in [5, 5.41) is 23.7. The number of fused-ring (bicyclic) bond motifs is 4. The number of aliphatic hydroxyl groups excluding tert-OH is 1. The van der Waals surface area contributed by atoms with Gasteiger partial charge in [-0.2, -0.15) is 8.78 Å². The number of nitrogens with one attached hydrogen (secondary N) is 1. The van der Waals surface area contributed by atoms with Gasteiger partial charge in [0.05, 0.1) is 17.1 Å². The summed E-state index contributed by atoms with van der Waals surface area (Å²) >= 11 is 0. The Bertz CT molecular complexity index is 1440. The second-order valence-electron chi connectivity index (χ2n) is 12.0. The van der Waals surface area contributed by atoms with Crippen LogP contribution in [0.1, 0.15) is 61.3 Å². The molecule has 6 nitrogen and oxygen atoms in total. The number of benzene rings is 2.